The fraction of sp³-hybridized carbons (Fsp3) is 0.385. The van der Waals surface area contributed by atoms with E-state index < -0.39 is 6.10 Å². The second-order valence-electron chi connectivity index (χ2n) is 3.84. The highest BCUT2D eigenvalue weighted by molar-refractivity contribution is 5.79. The molecule has 2 aromatic rings. The molecule has 1 atom stereocenters. The lowest BCUT2D eigenvalue weighted by Crippen LogP contribution is -2.21. The van der Waals surface area contributed by atoms with E-state index >= 15 is 0 Å². The van der Waals surface area contributed by atoms with Crippen LogP contribution in [-0.2, 0) is 11.3 Å². The Morgan fingerprint density at radius 3 is 2.94 bits per heavy atom. The van der Waals surface area contributed by atoms with Gasteiger partial charge in [0, 0.05) is 18.3 Å². The highest BCUT2D eigenvalue weighted by atomic mass is 16.5. The number of nitrogens with zero attached hydrogens (tertiary/aromatic N) is 1. The molecular formula is C13H17NO2. The highest BCUT2D eigenvalue weighted by Crippen LogP contribution is 2.15. The van der Waals surface area contributed by atoms with Crippen molar-refractivity contribution >= 4 is 10.9 Å². The normalized spacial score (nSPS) is 13.1. The fourth-order valence-corrected chi connectivity index (χ4v) is 1.83. The summed E-state index contributed by atoms with van der Waals surface area (Å²) in [7, 11) is 0. The van der Waals surface area contributed by atoms with E-state index in [0.717, 1.165) is 5.52 Å². The lowest BCUT2D eigenvalue weighted by molar-refractivity contribution is 0.0341. The van der Waals surface area contributed by atoms with Gasteiger partial charge in [-0.05, 0) is 24.4 Å². The maximum absolute atomic E-state index is 9.77. The van der Waals surface area contributed by atoms with Crippen molar-refractivity contribution < 1.29 is 9.84 Å². The zero-order chi connectivity index (χ0) is 11.4. The number of fused-ring (bicyclic) bond motifs is 1. The van der Waals surface area contributed by atoms with Crippen LogP contribution < -0.4 is 0 Å². The molecular weight excluding hydrogens is 202 g/mol. The SMILES string of the molecule is CCOCC(O)Cn1ccc2ccccc21. The molecule has 0 bridgehead atoms. The van der Waals surface area contributed by atoms with Gasteiger partial charge in [-0.1, -0.05) is 18.2 Å². The number of para-hydroxylation sites is 1. The van der Waals surface area contributed by atoms with Gasteiger partial charge in [-0.3, -0.25) is 0 Å². The Kier molecular flexibility index (Phi) is 3.59. The van der Waals surface area contributed by atoms with Crippen LogP contribution in [0.3, 0.4) is 0 Å². The van der Waals surface area contributed by atoms with Crippen LogP contribution >= 0.6 is 0 Å². The van der Waals surface area contributed by atoms with Crippen LogP contribution in [0.2, 0.25) is 0 Å². The molecule has 1 N–H and O–H groups in total. The Morgan fingerprint density at radius 1 is 1.31 bits per heavy atom. The van der Waals surface area contributed by atoms with Crippen molar-refractivity contribution in [3.63, 3.8) is 0 Å². The van der Waals surface area contributed by atoms with Gasteiger partial charge >= 0.3 is 0 Å². The van der Waals surface area contributed by atoms with Crippen molar-refractivity contribution in [3.05, 3.63) is 36.5 Å². The minimum absolute atomic E-state index is 0.392. The van der Waals surface area contributed by atoms with Crippen molar-refractivity contribution in [3.8, 4) is 0 Å². The van der Waals surface area contributed by atoms with Gasteiger partial charge < -0.3 is 14.4 Å². The molecule has 1 aromatic carbocycles. The molecule has 0 spiro atoms. The summed E-state index contributed by atoms with van der Waals surface area (Å²) in [5.41, 5.74) is 1.15. The van der Waals surface area contributed by atoms with Gasteiger partial charge in [0.1, 0.15) is 0 Å². The standard InChI is InChI=1S/C13H17NO2/c1-2-16-10-12(15)9-14-8-7-11-5-3-4-6-13(11)14/h3-8,12,15H,2,9-10H2,1H3. The smallest absolute Gasteiger partial charge is 0.0952 e. The number of rotatable bonds is 5. The third-order valence-corrected chi connectivity index (χ3v) is 2.60. The molecule has 0 aliphatic rings. The summed E-state index contributed by atoms with van der Waals surface area (Å²) in [4.78, 5) is 0. The number of hydrogen-bond acceptors (Lipinski definition) is 2. The number of ether oxygens (including phenoxy) is 1. The summed E-state index contributed by atoms with van der Waals surface area (Å²) < 4.78 is 7.25. The quantitative estimate of drug-likeness (QED) is 0.835. The average molecular weight is 219 g/mol. The Balaban J connectivity index is 2.09. The van der Waals surface area contributed by atoms with Crippen molar-refractivity contribution in [1.29, 1.82) is 0 Å². The first kappa shape index (κ1) is 11.2. The van der Waals surface area contributed by atoms with E-state index in [0.29, 0.717) is 19.8 Å². The summed E-state index contributed by atoms with van der Waals surface area (Å²) >= 11 is 0. The summed E-state index contributed by atoms with van der Waals surface area (Å²) in [6.45, 7) is 3.54. The Morgan fingerprint density at radius 2 is 2.12 bits per heavy atom. The van der Waals surface area contributed by atoms with Gasteiger partial charge in [0.2, 0.25) is 0 Å². The molecule has 0 aliphatic carbocycles. The Hall–Kier alpha value is -1.32. The number of hydrogen-bond donors (Lipinski definition) is 1. The van der Waals surface area contributed by atoms with E-state index in [-0.39, 0.29) is 0 Å². The number of aromatic nitrogens is 1. The van der Waals surface area contributed by atoms with Crippen LogP contribution in [0.5, 0.6) is 0 Å². The van der Waals surface area contributed by atoms with Crippen LogP contribution in [0.4, 0.5) is 0 Å². The number of aliphatic hydroxyl groups excluding tert-OH is 1. The molecule has 1 aromatic heterocycles. The molecule has 0 radical (unpaired) electrons. The molecule has 0 saturated carbocycles. The van der Waals surface area contributed by atoms with Gasteiger partial charge in [0.05, 0.1) is 19.3 Å². The third-order valence-electron chi connectivity index (χ3n) is 2.60. The van der Waals surface area contributed by atoms with Gasteiger partial charge in [-0.15, -0.1) is 0 Å². The van der Waals surface area contributed by atoms with Gasteiger partial charge in [0.15, 0.2) is 0 Å². The van der Waals surface area contributed by atoms with E-state index in [1.54, 1.807) is 0 Å². The van der Waals surface area contributed by atoms with Crippen LogP contribution in [0.15, 0.2) is 36.5 Å². The van der Waals surface area contributed by atoms with Crippen LogP contribution in [-0.4, -0.2) is 29.0 Å². The van der Waals surface area contributed by atoms with Crippen LogP contribution in [0, 0.1) is 0 Å². The molecule has 86 valence electrons. The van der Waals surface area contributed by atoms with Crippen molar-refractivity contribution in [2.24, 2.45) is 0 Å². The predicted octanol–water partition coefficient (Wildman–Crippen LogP) is 2.04. The van der Waals surface area contributed by atoms with E-state index in [1.807, 2.05) is 25.3 Å². The zero-order valence-electron chi connectivity index (χ0n) is 9.47. The summed E-state index contributed by atoms with van der Waals surface area (Å²) in [6.07, 6.45) is 1.55. The molecule has 0 saturated heterocycles. The average Bonchev–Trinajstić information content (AvgIpc) is 2.70. The molecule has 3 nitrogen and oxygen atoms in total. The van der Waals surface area contributed by atoms with Crippen molar-refractivity contribution in [2.45, 2.75) is 19.6 Å². The Labute approximate surface area is 95.3 Å². The van der Waals surface area contributed by atoms with E-state index in [9.17, 15) is 5.11 Å². The molecule has 1 unspecified atom stereocenters. The molecule has 0 amide bonds. The minimum atomic E-state index is -0.448. The first-order valence-corrected chi connectivity index (χ1v) is 5.61. The second kappa shape index (κ2) is 5.14. The lowest BCUT2D eigenvalue weighted by atomic mass is 10.2. The third kappa shape index (κ3) is 2.43. The highest BCUT2D eigenvalue weighted by Gasteiger charge is 2.07. The van der Waals surface area contributed by atoms with Gasteiger partial charge in [-0.25, -0.2) is 0 Å². The molecule has 0 fully saturated rings. The Bertz CT molecular complexity index is 450. The minimum Gasteiger partial charge on any atom is -0.389 e. The number of benzene rings is 1. The molecule has 16 heavy (non-hydrogen) atoms. The molecule has 1 heterocycles. The fourth-order valence-electron chi connectivity index (χ4n) is 1.83. The molecule has 0 aliphatic heterocycles. The van der Waals surface area contributed by atoms with E-state index in [1.165, 1.54) is 5.39 Å². The lowest BCUT2D eigenvalue weighted by Gasteiger charge is -2.12. The van der Waals surface area contributed by atoms with Gasteiger partial charge in [0.25, 0.3) is 0 Å². The maximum atomic E-state index is 9.77. The van der Waals surface area contributed by atoms with Crippen molar-refractivity contribution in [1.82, 2.24) is 4.57 Å². The van der Waals surface area contributed by atoms with Crippen molar-refractivity contribution in [2.75, 3.05) is 13.2 Å². The summed E-state index contributed by atoms with van der Waals surface area (Å²) in [6, 6.07) is 10.2. The largest absolute Gasteiger partial charge is 0.389 e. The van der Waals surface area contributed by atoms with E-state index in [4.69, 9.17) is 4.74 Å². The monoisotopic (exact) mass is 219 g/mol. The van der Waals surface area contributed by atoms with Crippen LogP contribution in [0.1, 0.15) is 6.92 Å². The maximum Gasteiger partial charge on any atom is 0.0952 e. The predicted molar refractivity (Wildman–Crippen MR) is 64.4 cm³/mol. The summed E-state index contributed by atoms with van der Waals surface area (Å²) in [5, 5.41) is 11.0. The zero-order valence-corrected chi connectivity index (χ0v) is 9.47. The topological polar surface area (TPSA) is 34.4 Å². The molecule has 2 rings (SSSR count). The van der Waals surface area contributed by atoms with Gasteiger partial charge in [-0.2, -0.15) is 0 Å². The second-order valence-corrected chi connectivity index (χ2v) is 3.84. The van der Waals surface area contributed by atoms with E-state index in [2.05, 4.69) is 22.8 Å². The first-order chi connectivity index (χ1) is 7.81. The summed E-state index contributed by atoms with van der Waals surface area (Å²) in [5.74, 6) is 0. The number of aliphatic hydroxyl groups is 1. The molecule has 3 heteroatoms. The first-order valence-electron chi connectivity index (χ1n) is 5.61. The van der Waals surface area contributed by atoms with Crippen LogP contribution in [0.25, 0.3) is 10.9 Å².